The molecule has 3 rings (SSSR count). The molecule has 0 radical (unpaired) electrons. The maximum Gasteiger partial charge on any atom is 0.267 e. The van der Waals surface area contributed by atoms with E-state index in [9.17, 15) is 0 Å². The smallest absolute Gasteiger partial charge is 0.267 e. The molecule has 0 aliphatic heterocycles. The summed E-state index contributed by atoms with van der Waals surface area (Å²) in [5.74, 6) is 2.00. The molecule has 0 fully saturated rings. The molecule has 0 N–H and O–H groups in total. The van der Waals surface area contributed by atoms with Crippen LogP contribution in [-0.2, 0) is 11.4 Å². The van der Waals surface area contributed by atoms with Gasteiger partial charge in [-0.2, -0.15) is 4.98 Å². The molecule has 2 aromatic carbocycles. The van der Waals surface area contributed by atoms with Gasteiger partial charge in [0.15, 0.2) is 6.61 Å². The van der Waals surface area contributed by atoms with E-state index < -0.39 is 0 Å². The highest BCUT2D eigenvalue weighted by atomic mass is 16.6. The van der Waals surface area contributed by atoms with Crippen molar-refractivity contribution in [2.45, 2.75) is 13.5 Å². The molecule has 7 nitrogen and oxygen atoms in total. The van der Waals surface area contributed by atoms with E-state index in [1.165, 1.54) is 5.56 Å². The maximum absolute atomic E-state index is 5.35. The van der Waals surface area contributed by atoms with Gasteiger partial charge < -0.3 is 18.8 Å². The van der Waals surface area contributed by atoms with Crippen LogP contribution in [-0.4, -0.2) is 30.6 Å². The first-order valence-corrected chi connectivity index (χ1v) is 7.96. The number of nitrogens with zero attached hydrogens (tertiary/aromatic N) is 3. The number of hydrogen-bond donors (Lipinski definition) is 0. The molecule has 0 atom stereocenters. The molecule has 0 bridgehead atoms. The SMILES string of the molecule is COc1ccc(-c2noc(CO/N=C\c3ccc(C)cc3)n2)c(OC)c1. The van der Waals surface area contributed by atoms with Crippen LogP contribution in [0, 0.1) is 6.92 Å². The predicted octanol–water partition coefficient (Wildman–Crippen LogP) is 3.61. The van der Waals surface area contributed by atoms with E-state index in [2.05, 4.69) is 15.3 Å². The van der Waals surface area contributed by atoms with Crippen molar-refractivity contribution < 1.29 is 18.8 Å². The lowest BCUT2D eigenvalue weighted by Crippen LogP contribution is -1.92. The number of ether oxygens (including phenoxy) is 2. The molecule has 7 heteroatoms. The Kier molecular flexibility index (Phi) is 5.48. The molecule has 134 valence electrons. The van der Waals surface area contributed by atoms with Crippen LogP contribution in [0.1, 0.15) is 17.0 Å². The van der Waals surface area contributed by atoms with E-state index in [1.807, 2.05) is 37.3 Å². The predicted molar refractivity (Wildman–Crippen MR) is 96.4 cm³/mol. The third-order valence-electron chi connectivity index (χ3n) is 3.66. The first-order valence-electron chi connectivity index (χ1n) is 7.96. The quantitative estimate of drug-likeness (QED) is 0.477. The standard InChI is InChI=1S/C19H19N3O4/c1-13-4-6-14(7-5-13)11-20-25-12-18-21-19(22-26-18)16-9-8-15(23-2)10-17(16)24-3/h4-11H,12H2,1-3H3/b20-11-. The van der Waals surface area contributed by atoms with Crippen LogP contribution >= 0.6 is 0 Å². The minimum Gasteiger partial charge on any atom is -0.497 e. The van der Waals surface area contributed by atoms with Gasteiger partial charge in [0.1, 0.15) is 11.5 Å². The van der Waals surface area contributed by atoms with Crippen LogP contribution in [0.2, 0.25) is 0 Å². The number of oxime groups is 1. The maximum atomic E-state index is 5.35. The minimum absolute atomic E-state index is 0.0772. The molecule has 3 aromatic rings. The highest BCUT2D eigenvalue weighted by Gasteiger charge is 2.14. The van der Waals surface area contributed by atoms with Crippen molar-refractivity contribution in [3.63, 3.8) is 0 Å². The molecule has 0 aliphatic rings. The normalized spacial score (nSPS) is 10.9. The molecule has 1 aromatic heterocycles. The molecule has 0 spiro atoms. The molecule has 0 saturated heterocycles. The number of aryl methyl sites for hydroxylation is 1. The highest BCUT2D eigenvalue weighted by molar-refractivity contribution is 5.79. The second-order valence-electron chi connectivity index (χ2n) is 5.50. The Labute approximate surface area is 151 Å². The second-order valence-corrected chi connectivity index (χ2v) is 5.50. The van der Waals surface area contributed by atoms with Gasteiger partial charge in [-0.05, 0) is 24.6 Å². The van der Waals surface area contributed by atoms with Crippen molar-refractivity contribution in [3.8, 4) is 22.9 Å². The van der Waals surface area contributed by atoms with Gasteiger partial charge >= 0.3 is 0 Å². The Hall–Kier alpha value is -3.35. The van der Waals surface area contributed by atoms with Gasteiger partial charge in [0, 0.05) is 6.07 Å². The zero-order chi connectivity index (χ0) is 18.4. The van der Waals surface area contributed by atoms with Gasteiger partial charge in [0.2, 0.25) is 5.82 Å². The zero-order valence-corrected chi connectivity index (χ0v) is 14.8. The molecule has 0 aliphatic carbocycles. The molecule has 0 amide bonds. The summed E-state index contributed by atoms with van der Waals surface area (Å²) in [5.41, 5.74) is 2.84. The van der Waals surface area contributed by atoms with Crippen molar-refractivity contribution in [2.24, 2.45) is 5.16 Å². The summed E-state index contributed by atoms with van der Waals surface area (Å²) in [6.07, 6.45) is 1.63. The van der Waals surface area contributed by atoms with Gasteiger partial charge in [0.05, 0.1) is 26.0 Å². The number of rotatable bonds is 7. The first-order chi connectivity index (χ1) is 12.7. The van der Waals surface area contributed by atoms with Gasteiger partial charge in [-0.15, -0.1) is 0 Å². The lowest BCUT2D eigenvalue weighted by atomic mass is 10.2. The highest BCUT2D eigenvalue weighted by Crippen LogP contribution is 2.31. The van der Waals surface area contributed by atoms with Crippen LogP contribution in [0.3, 0.4) is 0 Å². The monoisotopic (exact) mass is 353 g/mol. The van der Waals surface area contributed by atoms with Crippen molar-refractivity contribution in [1.29, 1.82) is 0 Å². The Morgan fingerprint density at radius 1 is 1.08 bits per heavy atom. The van der Waals surface area contributed by atoms with E-state index >= 15 is 0 Å². The number of methoxy groups -OCH3 is 2. The third kappa shape index (κ3) is 4.18. The van der Waals surface area contributed by atoms with Crippen LogP contribution in [0.5, 0.6) is 11.5 Å². The number of benzene rings is 2. The van der Waals surface area contributed by atoms with E-state index in [0.29, 0.717) is 28.8 Å². The molecular formula is C19H19N3O4. The fourth-order valence-corrected chi connectivity index (χ4v) is 2.25. The summed E-state index contributed by atoms with van der Waals surface area (Å²) in [5, 5.41) is 7.87. The van der Waals surface area contributed by atoms with E-state index in [-0.39, 0.29) is 6.61 Å². The summed E-state index contributed by atoms with van der Waals surface area (Å²) in [6.45, 7) is 2.11. The van der Waals surface area contributed by atoms with Crippen molar-refractivity contribution in [2.75, 3.05) is 14.2 Å². The number of aromatic nitrogens is 2. The number of hydrogen-bond acceptors (Lipinski definition) is 7. The molecule has 0 saturated carbocycles. The van der Waals surface area contributed by atoms with Crippen LogP contribution in [0.4, 0.5) is 0 Å². The van der Waals surface area contributed by atoms with Crippen LogP contribution < -0.4 is 9.47 Å². The minimum atomic E-state index is 0.0772. The van der Waals surface area contributed by atoms with Gasteiger partial charge in [-0.25, -0.2) is 0 Å². The fourth-order valence-electron chi connectivity index (χ4n) is 2.25. The summed E-state index contributed by atoms with van der Waals surface area (Å²) in [7, 11) is 3.16. The third-order valence-corrected chi connectivity index (χ3v) is 3.66. The Balaban J connectivity index is 1.64. The Bertz CT molecular complexity index is 888. The largest absolute Gasteiger partial charge is 0.497 e. The molecule has 26 heavy (non-hydrogen) atoms. The van der Waals surface area contributed by atoms with Gasteiger partial charge in [-0.1, -0.05) is 40.1 Å². The average Bonchev–Trinajstić information content (AvgIpc) is 3.14. The summed E-state index contributed by atoms with van der Waals surface area (Å²) >= 11 is 0. The Morgan fingerprint density at radius 3 is 2.62 bits per heavy atom. The van der Waals surface area contributed by atoms with Crippen LogP contribution in [0.25, 0.3) is 11.4 Å². The average molecular weight is 353 g/mol. The van der Waals surface area contributed by atoms with Crippen LogP contribution in [0.15, 0.2) is 52.1 Å². The first kappa shape index (κ1) is 17.5. The van der Waals surface area contributed by atoms with Gasteiger partial charge in [0.25, 0.3) is 5.89 Å². The van der Waals surface area contributed by atoms with Crippen molar-refractivity contribution >= 4 is 6.21 Å². The second kappa shape index (κ2) is 8.15. The topological polar surface area (TPSA) is 79.0 Å². The van der Waals surface area contributed by atoms with E-state index in [4.69, 9.17) is 18.8 Å². The lowest BCUT2D eigenvalue weighted by molar-refractivity contribution is 0.107. The molecule has 1 heterocycles. The zero-order valence-electron chi connectivity index (χ0n) is 14.8. The van der Waals surface area contributed by atoms with Crippen molar-refractivity contribution in [1.82, 2.24) is 10.1 Å². The fraction of sp³-hybridized carbons (Fsp3) is 0.211. The van der Waals surface area contributed by atoms with Gasteiger partial charge in [-0.3, -0.25) is 0 Å². The van der Waals surface area contributed by atoms with Crippen molar-refractivity contribution in [3.05, 3.63) is 59.5 Å². The molecule has 0 unspecified atom stereocenters. The molecular weight excluding hydrogens is 334 g/mol. The Morgan fingerprint density at radius 2 is 1.88 bits per heavy atom. The van der Waals surface area contributed by atoms with E-state index in [1.54, 1.807) is 32.6 Å². The van der Waals surface area contributed by atoms with E-state index in [0.717, 1.165) is 5.56 Å². The summed E-state index contributed by atoms with van der Waals surface area (Å²) in [6, 6.07) is 13.3. The summed E-state index contributed by atoms with van der Waals surface area (Å²) in [4.78, 5) is 9.52. The lowest BCUT2D eigenvalue weighted by Gasteiger charge is -2.07. The summed E-state index contributed by atoms with van der Waals surface area (Å²) < 4.78 is 15.7.